The maximum atomic E-state index is 14.2. The molecule has 3 saturated heterocycles. The van der Waals surface area contributed by atoms with Crippen molar-refractivity contribution < 1.29 is 23.9 Å². The van der Waals surface area contributed by atoms with Gasteiger partial charge in [-0.15, -0.1) is 0 Å². The Kier molecular flexibility index (Phi) is 7.96. The minimum Gasteiger partial charge on any atom is -0.379 e. The Balaban J connectivity index is 1.25. The number of likely N-dealkylation sites (tertiary alicyclic amines) is 1. The van der Waals surface area contributed by atoms with E-state index in [1.165, 1.54) is 12.0 Å². The molecule has 9 heteroatoms. The second-order valence-corrected chi connectivity index (χ2v) is 12.8. The molecule has 41 heavy (non-hydrogen) atoms. The smallest absolute Gasteiger partial charge is 0.246 e. The summed E-state index contributed by atoms with van der Waals surface area (Å²) in [7, 11) is 0. The Morgan fingerprint density at radius 1 is 1.05 bits per heavy atom. The van der Waals surface area contributed by atoms with Crippen LogP contribution >= 0.6 is 0 Å². The summed E-state index contributed by atoms with van der Waals surface area (Å²) in [6.45, 7) is 10.4. The molecular formula is C32H44N4O5. The van der Waals surface area contributed by atoms with E-state index in [2.05, 4.69) is 36.3 Å². The molecule has 0 aromatic heterocycles. The van der Waals surface area contributed by atoms with Crippen LogP contribution in [0.3, 0.4) is 0 Å². The zero-order valence-corrected chi connectivity index (χ0v) is 24.5. The van der Waals surface area contributed by atoms with Gasteiger partial charge >= 0.3 is 0 Å². The molecule has 6 rings (SSSR count). The van der Waals surface area contributed by atoms with Crippen molar-refractivity contribution in [2.24, 2.45) is 17.8 Å². The summed E-state index contributed by atoms with van der Waals surface area (Å²) in [5.41, 5.74) is 0.740. The lowest BCUT2D eigenvalue weighted by Gasteiger charge is -2.36. The van der Waals surface area contributed by atoms with Crippen molar-refractivity contribution in [2.45, 2.75) is 76.2 Å². The van der Waals surface area contributed by atoms with Crippen LogP contribution in [0.1, 0.15) is 57.9 Å². The number of carbonyl (C=O) groups is 3. The van der Waals surface area contributed by atoms with E-state index in [-0.39, 0.29) is 23.8 Å². The molecule has 5 aliphatic rings. The largest absolute Gasteiger partial charge is 0.379 e. The van der Waals surface area contributed by atoms with Crippen molar-refractivity contribution in [1.82, 2.24) is 15.1 Å². The summed E-state index contributed by atoms with van der Waals surface area (Å²) in [6, 6.07) is 7.11. The number of fused-ring (bicyclic) bond motifs is 1. The Hall–Kier alpha value is -2.75. The third-order valence-corrected chi connectivity index (χ3v) is 9.97. The molecule has 1 aromatic carbocycles. The van der Waals surface area contributed by atoms with Crippen LogP contribution < -0.4 is 10.6 Å². The second-order valence-electron chi connectivity index (χ2n) is 12.8. The van der Waals surface area contributed by atoms with Crippen LogP contribution in [0.25, 0.3) is 0 Å². The van der Waals surface area contributed by atoms with Crippen molar-refractivity contribution in [2.75, 3.05) is 44.7 Å². The molecule has 3 amide bonds. The normalized spacial score (nSPS) is 34.7. The number of benzene rings is 1. The molecule has 9 nitrogen and oxygen atoms in total. The fourth-order valence-electron chi connectivity index (χ4n) is 7.55. The van der Waals surface area contributed by atoms with E-state index in [1.54, 1.807) is 4.90 Å². The van der Waals surface area contributed by atoms with Crippen molar-refractivity contribution in [1.29, 1.82) is 0 Å². The second kappa shape index (κ2) is 11.5. The molecule has 7 unspecified atom stereocenters. The number of hydrogen-bond acceptors (Lipinski definition) is 6. The molecule has 1 spiro atoms. The molecule has 7 atom stereocenters. The quantitative estimate of drug-likeness (QED) is 0.471. The lowest BCUT2D eigenvalue weighted by atomic mass is 9.74. The number of carbonyl (C=O) groups excluding carboxylic acids is 3. The van der Waals surface area contributed by atoms with E-state index in [1.807, 2.05) is 36.4 Å². The predicted molar refractivity (Wildman–Crippen MR) is 155 cm³/mol. The fraction of sp³-hybridized carbons (Fsp3) is 0.656. The zero-order valence-electron chi connectivity index (χ0n) is 24.5. The molecule has 4 fully saturated rings. The van der Waals surface area contributed by atoms with Gasteiger partial charge in [-0.3, -0.25) is 19.3 Å². The number of anilines is 1. The van der Waals surface area contributed by atoms with Gasteiger partial charge in [-0.25, -0.2) is 0 Å². The third kappa shape index (κ3) is 5.21. The van der Waals surface area contributed by atoms with Crippen LogP contribution in [0.2, 0.25) is 0 Å². The lowest BCUT2D eigenvalue weighted by molar-refractivity contribution is -0.142. The first-order chi connectivity index (χ1) is 19.8. The van der Waals surface area contributed by atoms with Gasteiger partial charge in [-0.05, 0) is 42.4 Å². The standard InChI is InChI=1S/C32H44N4O5/c1-20(2)22-8-10-23(11-9-22)33-29(37)26-25-12-13-32(41-25)27(26)31(39)36(15-14-35-16-18-40-19-17-35)28(32)30(38)34-24-7-5-4-6-21(24)3/h8-13,20-21,24-28H,4-7,14-19H2,1-3H3,(H,33,37)(H,34,38). The van der Waals surface area contributed by atoms with Gasteiger partial charge in [0.25, 0.3) is 0 Å². The maximum Gasteiger partial charge on any atom is 0.246 e. The zero-order chi connectivity index (χ0) is 28.7. The molecule has 2 bridgehead atoms. The first-order valence-electron chi connectivity index (χ1n) is 15.5. The van der Waals surface area contributed by atoms with Gasteiger partial charge in [-0.2, -0.15) is 0 Å². The number of morpholine rings is 1. The van der Waals surface area contributed by atoms with Crippen molar-refractivity contribution >= 4 is 23.4 Å². The minimum atomic E-state index is -1.14. The molecule has 1 aliphatic carbocycles. The molecule has 4 heterocycles. The van der Waals surface area contributed by atoms with Crippen LogP contribution in [0, 0.1) is 17.8 Å². The van der Waals surface area contributed by atoms with Gasteiger partial charge < -0.3 is 25.0 Å². The summed E-state index contributed by atoms with van der Waals surface area (Å²) in [6.07, 6.45) is 7.53. The highest BCUT2D eigenvalue weighted by molar-refractivity contribution is 6.02. The highest BCUT2D eigenvalue weighted by Crippen LogP contribution is 2.55. The first kappa shape index (κ1) is 28.4. The molecule has 2 N–H and O–H groups in total. The fourth-order valence-corrected chi connectivity index (χ4v) is 7.55. The van der Waals surface area contributed by atoms with E-state index in [0.29, 0.717) is 43.8 Å². The molecular weight excluding hydrogens is 520 g/mol. The Labute approximate surface area is 243 Å². The third-order valence-electron chi connectivity index (χ3n) is 9.97. The molecule has 4 aliphatic heterocycles. The summed E-state index contributed by atoms with van der Waals surface area (Å²) in [5, 5.41) is 6.34. The summed E-state index contributed by atoms with van der Waals surface area (Å²) >= 11 is 0. The molecule has 1 aromatic rings. The Bertz CT molecular complexity index is 1180. The maximum absolute atomic E-state index is 14.2. The molecule has 1 saturated carbocycles. The van der Waals surface area contributed by atoms with Crippen molar-refractivity contribution in [3.05, 3.63) is 42.0 Å². The van der Waals surface area contributed by atoms with Crippen molar-refractivity contribution in [3.8, 4) is 0 Å². The average Bonchev–Trinajstić information content (AvgIpc) is 3.61. The average molecular weight is 565 g/mol. The van der Waals surface area contributed by atoms with E-state index < -0.39 is 29.6 Å². The number of ether oxygens (including phenoxy) is 2. The summed E-state index contributed by atoms with van der Waals surface area (Å²) < 4.78 is 12.0. The summed E-state index contributed by atoms with van der Waals surface area (Å²) in [5.74, 6) is -1.24. The first-order valence-corrected chi connectivity index (χ1v) is 15.5. The molecule has 0 radical (unpaired) electrons. The molecule has 222 valence electrons. The van der Waals surface area contributed by atoms with Crippen LogP contribution in [0.4, 0.5) is 5.69 Å². The number of rotatable bonds is 8. The van der Waals surface area contributed by atoms with Crippen LogP contribution in [-0.4, -0.2) is 90.7 Å². The minimum absolute atomic E-state index is 0.0818. The van der Waals surface area contributed by atoms with Gasteiger partial charge in [0, 0.05) is 37.9 Å². The summed E-state index contributed by atoms with van der Waals surface area (Å²) in [4.78, 5) is 46.0. The number of hydrogen-bond donors (Lipinski definition) is 2. The highest BCUT2D eigenvalue weighted by atomic mass is 16.5. The van der Waals surface area contributed by atoms with Gasteiger partial charge in [-0.1, -0.05) is 57.9 Å². The van der Waals surface area contributed by atoms with Gasteiger partial charge in [0.05, 0.1) is 31.2 Å². The van der Waals surface area contributed by atoms with Crippen LogP contribution in [0.5, 0.6) is 0 Å². The van der Waals surface area contributed by atoms with Gasteiger partial charge in [0.2, 0.25) is 17.7 Å². The SMILES string of the molecule is CC(C)c1ccc(NC(=O)C2C3C=CC4(O3)C2C(=O)N(CCN2CCOCC2)C4C(=O)NC2CCCCC2C)cc1. The van der Waals surface area contributed by atoms with Crippen LogP contribution in [0.15, 0.2) is 36.4 Å². The van der Waals surface area contributed by atoms with Crippen LogP contribution in [-0.2, 0) is 23.9 Å². The highest BCUT2D eigenvalue weighted by Gasteiger charge is 2.72. The number of nitrogens with one attached hydrogen (secondary N) is 2. The number of nitrogens with zero attached hydrogens (tertiary/aromatic N) is 2. The topological polar surface area (TPSA) is 100 Å². The van der Waals surface area contributed by atoms with Crippen molar-refractivity contribution in [3.63, 3.8) is 0 Å². The predicted octanol–water partition coefficient (Wildman–Crippen LogP) is 2.93. The Morgan fingerprint density at radius 2 is 1.78 bits per heavy atom. The Morgan fingerprint density at radius 3 is 2.49 bits per heavy atom. The van der Waals surface area contributed by atoms with E-state index in [4.69, 9.17) is 9.47 Å². The van der Waals surface area contributed by atoms with Gasteiger partial charge in [0.15, 0.2) is 0 Å². The number of amides is 3. The lowest BCUT2D eigenvalue weighted by Crippen LogP contribution is -2.58. The monoisotopic (exact) mass is 564 g/mol. The van der Waals surface area contributed by atoms with E-state index >= 15 is 0 Å². The van der Waals surface area contributed by atoms with E-state index in [9.17, 15) is 14.4 Å². The van der Waals surface area contributed by atoms with E-state index in [0.717, 1.165) is 32.4 Å². The van der Waals surface area contributed by atoms with Gasteiger partial charge in [0.1, 0.15) is 11.6 Å².